The monoisotopic (exact) mass is 223 g/mol. The molecule has 0 amide bonds. The van der Waals surface area contributed by atoms with Crippen LogP contribution in [0.5, 0.6) is 0 Å². The molecular formula is C9H13N5S. The summed E-state index contributed by atoms with van der Waals surface area (Å²) in [7, 11) is 0. The van der Waals surface area contributed by atoms with Crippen LogP contribution < -0.4 is 0 Å². The Kier molecular flexibility index (Phi) is 2.68. The SMILES string of the molecule is CCn1c(Cn2ccc(C)n2)n[nH]c1=S. The van der Waals surface area contributed by atoms with Crippen LogP contribution in [-0.4, -0.2) is 24.5 Å². The summed E-state index contributed by atoms with van der Waals surface area (Å²) in [5.41, 5.74) is 1.01. The predicted molar refractivity (Wildman–Crippen MR) is 59.2 cm³/mol. The fraction of sp³-hybridized carbons (Fsp3) is 0.444. The summed E-state index contributed by atoms with van der Waals surface area (Å²) in [6.07, 6.45) is 1.94. The van der Waals surface area contributed by atoms with E-state index in [2.05, 4.69) is 15.3 Å². The molecule has 1 N–H and O–H groups in total. The Morgan fingerprint density at radius 2 is 2.33 bits per heavy atom. The zero-order valence-electron chi connectivity index (χ0n) is 8.77. The highest BCUT2D eigenvalue weighted by Crippen LogP contribution is 2.01. The normalized spacial score (nSPS) is 10.8. The Bertz CT molecular complexity index is 507. The van der Waals surface area contributed by atoms with Crippen LogP contribution in [0.3, 0.4) is 0 Å². The molecule has 0 aromatic carbocycles. The number of aromatic amines is 1. The maximum absolute atomic E-state index is 5.11. The minimum atomic E-state index is 0.648. The number of nitrogens with zero attached hydrogens (tertiary/aromatic N) is 4. The second kappa shape index (κ2) is 3.98. The third kappa shape index (κ3) is 1.99. The third-order valence-corrected chi connectivity index (χ3v) is 2.54. The molecule has 0 unspecified atom stereocenters. The highest BCUT2D eigenvalue weighted by atomic mass is 32.1. The summed E-state index contributed by atoms with van der Waals surface area (Å²) >= 11 is 5.11. The average molecular weight is 223 g/mol. The lowest BCUT2D eigenvalue weighted by Gasteiger charge is -2.03. The molecule has 6 heteroatoms. The zero-order chi connectivity index (χ0) is 10.8. The molecule has 15 heavy (non-hydrogen) atoms. The van der Waals surface area contributed by atoms with Crippen molar-refractivity contribution in [1.29, 1.82) is 0 Å². The van der Waals surface area contributed by atoms with Gasteiger partial charge < -0.3 is 4.57 Å². The molecule has 0 bridgehead atoms. The van der Waals surface area contributed by atoms with Crippen molar-refractivity contribution in [2.75, 3.05) is 0 Å². The van der Waals surface area contributed by atoms with Gasteiger partial charge in [-0.1, -0.05) is 0 Å². The Balaban J connectivity index is 2.28. The second-order valence-electron chi connectivity index (χ2n) is 3.34. The summed E-state index contributed by atoms with van der Waals surface area (Å²) in [4.78, 5) is 0. The third-order valence-electron chi connectivity index (χ3n) is 2.23. The average Bonchev–Trinajstić information content (AvgIpc) is 2.75. The van der Waals surface area contributed by atoms with Crippen LogP contribution in [-0.2, 0) is 13.1 Å². The highest BCUT2D eigenvalue weighted by Gasteiger charge is 2.05. The smallest absolute Gasteiger partial charge is 0.195 e. The fourth-order valence-corrected chi connectivity index (χ4v) is 1.77. The maximum atomic E-state index is 5.11. The van der Waals surface area contributed by atoms with Crippen molar-refractivity contribution in [1.82, 2.24) is 24.5 Å². The molecule has 2 aromatic heterocycles. The maximum Gasteiger partial charge on any atom is 0.195 e. The lowest BCUT2D eigenvalue weighted by molar-refractivity contribution is 0.601. The molecule has 0 aliphatic heterocycles. The van der Waals surface area contributed by atoms with Gasteiger partial charge in [-0.15, -0.1) is 0 Å². The highest BCUT2D eigenvalue weighted by molar-refractivity contribution is 7.71. The molecule has 0 aliphatic carbocycles. The van der Waals surface area contributed by atoms with Crippen LogP contribution in [0.4, 0.5) is 0 Å². The van der Waals surface area contributed by atoms with Gasteiger partial charge in [0.05, 0.1) is 5.69 Å². The van der Waals surface area contributed by atoms with Crippen molar-refractivity contribution in [3.8, 4) is 0 Å². The molecular weight excluding hydrogens is 210 g/mol. The van der Waals surface area contributed by atoms with E-state index < -0.39 is 0 Å². The van der Waals surface area contributed by atoms with Crippen molar-refractivity contribution >= 4 is 12.2 Å². The first-order valence-electron chi connectivity index (χ1n) is 4.85. The molecule has 0 spiro atoms. The van der Waals surface area contributed by atoms with Crippen molar-refractivity contribution in [3.63, 3.8) is 0 Å². The molecule has 0 fully saturated rings. The number of aryl methyl sites for hydroxylation is 1. The summed E-state index contributed by atoms with van der Waals surface area (Å²) in [5, 5.41) is 11.3. The summed E-state index contributed by atoms with van der Waals surface area (Å²) in [5.74, 6) is 0.908. The van der Waals surface area contributed by atoms with Crippen molar-refractivity contribution in [2.45, 2.75) is 26.9 Å². The van der Waals surface area contributed by atoms with Gasteiger partial charge in [0.15, 0.2) is 10.6 Å². The second-order valence-corrected chi connectivity index (χ2v) is 3.73. The Labute approximate surface area is 92.7 Å². The van der Waals surface area contributed by atoms with E-state index in [1.807, 2.05) is 35.4 Å². The Hall–Kier alpha value is -1.43. The van der Waals surface area contributed by atoms with E-state index in [1.54, 1.807) is 0 Å². The molecule has 0 saturated heterocycles. The topological polar surface area (TPSA) is 51.4 Å². The van der Waals surface area contributed by atoms with E-state index in [0.29, 0.717) is 11.3 Å². The van der Waals surface area contributed by atoms with Crippen LogP contribution in [0, 0.1) is 11.7 Å². The quantitative estimate of drug-likeness (QED) is 0.802. The van der Waals surface area contributed by atoms with Crippen LogP contribution in [0.2, 0.25) is 0 Å². The number of hydrogen-bond acceptors (Lipinski definition) is 3. The lowest BCUT2D eigenvalue weighted by Crippen LogP contribution is -2.08. The predicted octanol–water partition coefficient (Wildman–Crippen LogP) is 1.51. The number of nitrogens with one attached hydrogen (secondary N) is 1. The lowest BCUT2D eigenvalue weighted by atomic mass is 10.5. The molecule has 0 aliphatic rings. The van der Waals surface area contributed by atoms with Crippen LogP contribution >= 0.6 is 12.2 Å². The van der Waals surface area contributed by atoms with E-state index in [4.69, 9.17) is 12.2 Å². The van der Waals surface area contributed by atoms with Gasteiger partial charge in [-0.25, -0.2) is 0 Å². The van der Waals surface area contributed by atoms with E-state index in [-0.39, 0.29) is 0 Å². The number of aromatic nitrogens is 5. The molecule has 2 heterocycles. The van der Waals surface area contributed by atoms with E-state index in [1.165, 1.54) is 0 Å². The first-order valence-corrected chi connectivity index (χ1v) is 5.25. The van der Waals surface area contributed by atoms with Gasteiger partial charge in [0.2, 0.25) is 0 Å². The van der Waals surface area contributed by atoms with Gasteiger partial charge in [-0.2, -0.15) is 10.2 Å². The Morgan fingerprint density at radius 3 is 2.93 bits per heavy atom. The van der Waals surface area contributed by atoms with Gasteiger partial charge in [0.25, 0.3) is 0 Å². The van der Waals surface area contributed by atoms with Crippen LogP contribution in [0.25, 0.3) is 0 Å². The van der Waals surface area contributed by atoms with Crippen LogP contribution in [0.1, 0.15) is 18.4 Å². The fourth-order valence-electron chi connectivity index (χ4n) is 1.49. The van der Waals surface area contributed by atoms with E-state index >= 15 is 0 Å². The number of hydrogen-bond donors (Lipinski definition) is 1. The number of H-pyrrole nitrogens is 1. The minimum Gasteiger partial charge on any atom is -0.303 e. The number of rotatable bonds is 3. The molecule has 2 rings (SSSR count). The first kappa shape index (κ1) is 10.1. The molecule has 80 valence electrons. The molecule has 0 atom stereocenters. The zero-order valence-corrected chi connectivity index (χ0v) is 9.58. The summed E-state index contributed by atoms with van der Waals surface area (Å²) in [6, 6.07) is 1.97. The molecule has 0 radical (unpaired) electrons. The van der Waals surface area contributed by atoms with Gasteiger partial charge >= 0.3 is 0 Å². The van der Waals surface area contributed by atoms with Crippen molar-refractivity contribution in [3.05, 3.63) is 28.6 Å². The first-order chi connectivity index (χ1) is 7.20. The molecule has 0 saturated carbocycles. The largest absolute Gasteiger partial charge is 0.303 e. The van der Waals surface area contributed by atoms with Gasteiger partial charge in [-0.3, -0.25) is 9.78 Å². The summed E-state index contributed by atoms with van der Waals surface area (Å²) in [6.45, 7) is 5.48. The molecule has 5 nitrogen and oxygen atoms in total. The van der Waals surface area contributed by atoms with E-state index in [9.17, 15) is 0 Å². The molecule has 2 aromatic rings. The Morgan fingerprint density at radius 1 is 1.53 bits per heavy atom. The van der Waals surface area contributed by atoms with Crippen molar-refractivity contribution < 1.29 is 0 Å². The van der Waals surface area contributed by atoms with Gasteiger partial charge in [0, 0.05) is 12.7 Å². The summed E-state index contributed by atoms with van der Waals surface area (Å²) < 4.78 is 4.48. The standard InChI is InChI=1S/C9H13N5S/c1-3-14-8(10-11-9(14)15)6-13-5-4-7(2)12-13/h4-5H,3,6H2,1-2H3,(H,11,15). The van der Waals surface area contributed by atoms with Crippen molar-refractivity contribution in [2.24, 2.45) is 0 Å². The van der Waals surface area contributed by atoms with E-state index in [0.717, 1.165) is 18.1 Å². The van der Waals surface area contributed by atoms with Crippen LogP contribution in [0.15, 0.2) is 12.3 Å². The van der Waals surface area contributed by atoms with Gasteiger partial charge in [0.1, 0.15) is 6.54 Å². The minimum absolute atomic E-state index is 0.648. The van der Waals surface area contributed by atoms with Gasteiger partial charge in [-0.05, 0) is 32.1 Å².